The molecular weight excluding hydrogens is 294 g/mol. The first-order chi connectivity index (χ1) is 10.8. The fourth-order valence-corrected chi connectivity index (χ4v) is 2.59. The number of nitrogens with zero attached hydrogens (tertiary/aromatic N) is 2. The predicted molar refractivity (Wildman–Crippen MR) is 87.6 cm³/mol. The zero-order chi connectivity index (χ0) is 17.0. The van der Waals surface area contributed by atoms with E-state index in [9.17, 15) is 9.59 Å². The Morgan fingerprint density at radius 3 is 2.43 bits per heavy atom. The molecule has 1 heterocycles. The minimum absolute atomic E-state index is 0.261. The molecule has 23 heavy (non-hydrogen) atoms. The highest BCUT2D eigenvalue weighted by Crippen LogP contribution is 2.17. The number of rotatable bonds is 3. The summed E-state index contributed by atoms with van der Waals surface area (Å²) in [5, 5.41) is 0. The summed E-state index contributed by atoms with van der Waals surface area (Å²) in [5.74, 6) is -0.422. The Morgan fingerprint density at radius 1 is 1.22 bits per heavy atom. The standard InChI is InChI=1S/C17H25N3O3/c1-17(2,3)23-16(22)20-10-9-19(14(12-20)15(18)21)11-13-7-5-4-6-8-13/h4-8,14H,9-12H2,1-3H3,(H2,18,21)/t14-/m0/s1. The van der Waals surface area contributed by atoms with E-state index >= 15 is 0 Å². The Labute approximate surface area is 137 Å². The second kappa shape index (κ2) is 7.00. The van der Waals surface area contributed by atoms with Crippen molar-refractivity contribution in [2.75, 3.05) is 19.6 Å². The molecule has 0 spiro atoms. The fraction of sp³-hybridized carbons (Fsp3) is 0.529. The van der Waals surface area contributed by atoms with Crippen molar-refractivity contribution in [3.63, 3.8) is 0 Å². The number of hydrogen-bond donors (Lipinski definition) is 1. The van der Waals surface area contributed by atoms with E-state index in [4.69, 9.17) is 10.5 Å². The van der Waals surface area contributed by atoms with Crippen molar-refractivity contribution < 1.29 is 14.3 Å². The topological polar surface area (TPSA) is 75.9 Å². The quantitative estimate of drug-likeness (QED) is 0.918. The molecule has 1 atom stereocenters. The van der Waals surface area contributed by atoms with Gasteiger partial charge in [-0.2, -0.15) is 0 Å². The van der Waals surface area contributed by atoms with Crippen LogP contribution < -0.4 is 5.73 Å². The molecule has 1 aromatic rings. The molecule has 1 fully saturated rings. The van der Waals surface area contributed by atoms with Crippen LogP contribution in [-0.4, -0.2) is 53.1 Å². The summed E-state index contributed by atoms with van der Waals surface area (Å²) in [6.07, 6.45) is -0.400. The van der Waals surface area contributed by atoms with Crippen LogP contribution in [0.25, 0.3) is 0 Å². The molecule has 1 aliphatic heterocycles. The highest BCUT2D eigenvalue weighted by atomic mass is 16.6. The molecule has 0 aliphatic carbocycles. The highest BCUT2D eigenvalue weighted by Gasteiger charge is 2.34. The monoisotopic (exact) mass is 319 g/mol. The zero-order valence-electron chi connectivity index (χ0n) is 14.0. The lowest BCUT2D eigenvalue weighted by Gasteiger charge is -2.40. The van der Waals surface area contributed by atoms with Crippen LogP contribution in [0.5, 0.6) is 0 Å². The number of piperazine rings is 1. The first-order valence-electron chi connectivity index (χ1n) is 7.81. The summed E-state index contributed by atoms with van der Waals surface area (Å²) in [4.78, 5) is 27.6. The molecular formula is C17H25N3O3. The van der Waals surface area contributed by atoms with Crippen LogP contribution in [0.3, 0.4) is 0 Å². The van der Waals surface area contributed by atoms with Crippen LogP contribution in [0.4, 0.5) is 4.79 Å². The van der Waals surface area contributed by atoms with Crippen LogP contribution >= 0.6 is 0 Å². The molecule has 0 unspecified atom stereocenters. The normalized spacial score (nSPS) is 19.4. The molecule has 1 aromatic carbocycles. The molecule has 2 N–H and O–H groups in total. The zero-order valence-corrected chi connectivity index (χ0v) is 14.0. The summed E-state index contributed by atoms with van der Waals surface area (Å²) in [7, 11) is 0. The Bertz CT molecular complexity index is 554. The Kier molecular flexibility index (Phi) is 5.26. The van der Waals surface area contributed by atoms with Crippen molar-refractivity contribution >= 4 is 12.0 Å². The van der Waals surface area contributed by atoms with Crippen LogP contribution in [0.2, 0.25) is 0 Å². The molecule has 6 heteroatoms. The third-order valence-electron chi connectivity index (χ3n) is 3.70. The average Bonchev–Trinajstić information content (AvgIpc) is 2.46. The van der Waals surface area contributed by atoms with E-state index in [-0.39, 0.29) is 6.54 Å². The number of benzene rings is 1. The van der Waals surface area contributed by atoms with Gasteiger partial charge in [0.15, 0.2) is 0 Å². The molecule has 2 rings (SSSR count). The summed E-state index contributed by atoms with van der Waals surface area (Å²) in [5.41, 5.74) is 6.10. The van der Waals surface area contributed by atoms with E-state index in [1.165, 1.54) is 0 Å². The second-order valence-electron chi connectivity index (χ2n) is 6.80. The van der Waals surface area contributed by atoms with Crippen molar-refractivity contribution in [3.8, 4) is 0 Å². The number of ether oxygens (including phenoxy) is 1. The molecule has 6 nitrogen and oxygen atoms in total. The van der Waals surface area contributed by atoms with Crippen LogP contribution in [0.1, 0.15) is 26.3 Å². The molecule has 0 bridgehead atoms. The number of carbonyl (C=O) groups is 2. The van der Waals surface area contributed by atoms with E-state index in [0.717, 1.165) is 5.56 Å². The summed E-state index contributed by atoms with van der Waals surface area (Å²) in [6, 6.07) is 9.40. The maximum atomic E-state index is 12.2. The van der Waals surface area contributed by atoms with Gasteiger partial charge in [0.2, 0.25) is 5.91 Å². The molecule has 1 saturated heterocycles. The van der Waals surface area contributed by atoms with Crippen molar-refractivity contribution in [1.29, 1.82) is 0 Å². The van der Waals surface area contributed by atoms with Gasteiger partial charge in [-0.1, -0.05) is 30.3 Å². The van der Waals surface area contributed by atoms with Gasteiger partial charge in [0, 0.05) is 26.2 Å². The molecule has 1 aliphatic rings. The third-order valence-corrected chi connectivity index (χ3v) is 3.70. The van der Waals surface area contributed by atoms with Gasteiger partial charge in [-0.05, 0) is 26.3 Å². The molecule has 2 amide bonds. The van der Waals surface area contributed by atoms with E-state index in [1.807, 2.05) is 56.0 Å². The number of nitrogens with two attached hydrogens (primary N) is 1. The maximum absolute atomic E-state index is 12.2. The van der Waals surface area contributed by atoms with Crippen molar-refractivity contribution in [3.05, 3.63) is 35.9 Å². The lowest BCUT2D eigenvalue weighted by molar-refractivity contribution is -0.125. The van der Waals surface area contributed by atoms with Gasteiger partial charge in [-0.15, -0.1) is 0 Å². The lowest BCUT2D eigenvalue weighted by atomic mass is 10.1. The van der Waals surface area contributed by atoms with Crippen molar-refractivity contribution in [2.45, 2.75) is 39.0 Å². The highest BCUT2D eigenvalue weighted by molar-refractivity contribution is 5.81. The van der Waals surface area contributed by atoms with Crippen LogP contribution in [0, 0.1) is 0 Å². The molecule has 0 saturated carbocycles. The summed E-state index contributed by atoms with van der Waals surface area (Å²) < 4.78 is 5.38. The third kappa shape index (κ3) is 4.96. The molecule has 0 aromatic heterocycles. The van der Waals surface area contributed by atoms with Crippen molar-refractivity contribution in [1.82, 2.24) is 9.80 Å². The predicted octanol–water partition coefficient (Wildman–Crippen LogP) is 1.59. The van der Waals surface area contributed by atoms with E-state index < -0.39 is 23.6 Å². The van der Waals surface area contributed by atoms with Gasteiger partial charge in [-0.25, -0.2) is 4.79 Å². The first kappa shape index (κ1) is 17.3. The lowest BCUT2D eigenvalue weighted by Crippen LogP contribution is -2.59. The van der Waals surface area contributed by atoms with Gasteiger partial charge < -0.3 is 15.4 Å². The number of primary amides is 1. The maximum Gasteiger partial charge on any atom is 0.410 e. The SMILES string of the molecule is CC(C)(C)OC(=O)N1CCN(Cc2ccccc2)[C@H](C(N)=O)C1. The van der Waals surface area contributed by atoms with E-state index in [1.54, 1.807) is 4.90 Å². The number of hydrogen-bond acceptors (Lipinski definition) is 4. The second-order valence-corrected chi connectivity index (χ2v) is 6.80. The van der Waals surface area contributed by atoms with Gasteiger partial charge in [0.05, 0.1) is 0 Å². The summed E-state index contributed by atoms with van der Waals surface area (Å²) in [6.45, 7) is 7.47. The summed E-state index contributed by atoms with van der Waals surface area (Å²) >= 11 is 0. The Balaban J connectivity index is 2.03. The van der Waals surface area contributed by atoms with E-state index in [2.05, 4.69) is 0 Å². The van der Waals surface area contributed by atoms with E-state index in [0.29, 0.717) is 19.6 Å². The van der Waals surface area contributed by atoms with Crippen molar-refractivity contribution in [2.24, 2.45) is 5.73 Å². The minimum Gasteiger partial charge on any atom is -0.444 e. The number of amides is 2. The van der Waals surface area contributed by atoms with Crippen LogP contribution in [-0.2, 0) is 16.1 Å². The fourth-order valence-electron chi connectivity index (χ4n) is 2.59. The molecule has 0 radical (unpaired) electrons. The van der Waals surface area contributed by atoms with Gasteiger partial charge in [-0.3, -0.25) is 9.69 Å². The van der Waals surface area contributed by atoms with Crippen LogP contribution in [0.15, 0.2) is 30.3 Å². The van der Waals surface area contributed by atoms with Gasteiger partial charge in [0.1, 0.15) is 11.6 Å². The van der Waals surface area contributed by atoms with Gasteiger partial charge >= 0.3 is 6.09 Å². The Morgan fingerprint density at radius 2 is 1.87 bits per heavy atom. The minimum atomic E-state index is -0.555. The molecule has 126 valence electrons. The largest absolute Gasteiger partial charge is 0.444 e. The first-order valence-corrected chi connectivity index (χ1v) is 7.81. The number of carbonyl (C=O) groups excluding carboxylic acids is 2. The smallest absolute Gasteiger partial charge is 0.410 e. The van der Waals surface area contributed by atoms with Gasteiger partial charge in [0.25, 0.3) is 0 Å². The Hall–Kier alpha value is -2.08. The average molecular weight is 319 g/mol.